The average Bonchev–Trinajstić information content (AvgIpc) is 2.98. The summed E-state index contributed by atoms with van der Waals surface area (Å²) in [4.78, 5) is 36.2. The molecule has 1 aromatic heterocycles. The Labute approximate surface area is 190 Å². The van der Waals surface area contributed by atoms with Crippen LogP contribution in [0.25, 0.3) is 10.9 Å². The molecule has 0 saturated carbocycles. The van der Waals surface area contributed by atoms with E-state index in [1.807, 2.05) is 0 Å². The summed E-state index contributed by atoms with van der Waals surface area (Å²) in [5.41, 5.74) is 0.0352. The maximum Gasteiger partial charge on any atom is 0.416 e. The van der Waals surface area contributed by atoms with Gasteiger partial charge in [-0.3, -0.25) is 19.0 Å². The topological polar surface area (TPSA) is 109 Å². The van der Waals surface area contributed by atoms with Gasteiger partial charge in [-0.1, -0.05) is 11.6 Å². The smallest absolute Gasteiger partial charge is 0.416 e. The maximum atomic E-state index is 13.2. The SMILES string of the molecule is Cc1c(CC(=O)NCCC(=O)O)c2cc(O)c(Cl)cc2n1C(=O)c1ccc(C(F)(F)F)cc1. The Morgan fingerprint density at radius 3 is 2.33 bits per heavy atom. The number of aromatic nitrogens is 1. The van der Waals surface area contributed by atoms with Gasteiger partial charge in [0, 0.05) is 23.2 Å². The molecule has 0 bridgehead atoms. The number of alkyl halides is 3. The minimum Gasteiger partial charge on any atom is -0.506 e. The van der Waals surface area contributed by atoms with Crippen LogP contribution in [0.4, 0.5) is 13.2 Å². The number of aromatic hydroxyl groups is 1. The van der Waals surface area contributed by atoms with Crippen molar-refractivity contribution >= 4 is 40.3 Å². The Hall–Kier alpha value is -3.53. The molecule has 0 atom stereocenters. The van der Waals surface area contributed by atoms with Crippen LogP contribution in [0.15, 0.2) is 36.4 Å². The second kappa shape index (κ2) is 9.14. The Morgan fingerprint density at radius 1 is 1.12 bits per heavy atom. The van der Waals surface area contributed by atoms with E-state index < -0.39 is 29.5 Å². The van der Waals surface area contributed by atoms with Gasteiger partial charge in [0.2, 0.25) is 5.91 Å². The van der Waals surface area contributed by atoms with E-state index in [1.165, 1.54) is 16.7 Å². The van der Waals surface area contributed by atoms with Gasteiger partial charge in [0.25, 0.3) is 5.91 Å². The molecule has 0 radical (unpaired) electrons. The largest absolute Gasteiger partial charge is 0.506 e. The van der Waals surface area contributed by atoms with E-state index in [4.69, 9.17) is 16.7 Å². The van der Waals surface area contributed by atoms with Crippen LogP contribution in [-0.2, 0) is 22.2 Å². The summed E-state index contributed by atoms with van der Waals surface area (Å²) in [6.45, 7) is 1.46. The first kappa shape index (κ1) is 24.1. The van der Waals surface area contributed by atoms with E-state index in [1.54, 1.807) is 6.92 Å². The number of nitrogens with zero attached hydrogens (tertiary/aromatic N) is 1. The summed E-state index contributed by atoms with van der Waals surface area (Å²) in [6, 6.07) is 6.31. The predicted molar refractivity (Wildman–Crippen MR) is 113 cm³/mol. The van der Waals surface area contributed by atoms with Crippen LogP contribution >= 0.6 is 11.6 Å². The third-order valence-corrected chi connectivity index (χ3v) is 5.37. The van der Waals surface area contributed by atoms with Crippen molar-refractivity contribution in [2.75, 3.05) is 6.54 Å². The van der Waals surface area contributed by atoms with Crippen LogP contribution in [-0.4, -0.2) is 39.1 Å². The number of benzene rings is 2. The number of amides is 1. The molecule has 3 N–H and O–H groups in total. The molecule has 0 aliphatic carbocycles. The first-order valence-electron chi connectivity index (χ1n) is 9.63. The van der Waals surface area contributed by atoms with Crippen molar-refractivity contribution in [1.82, 2.24) is 9.88 Å². The van der Waals surface area contributed by atoms with E-state index in [-0.39, 0.29) is 41.2 Å². The van der Waals surface area contributed by atoms with Crippen LogP contribution in [0.1, 0.15) is 33.6 Å². The molecule has 0 spiro atoms. The molecule has 0 aliphatic heterocycles. The summed E-state index contributed by atoms with van der Waals surface area (Å²) in [5.74, 6) is -2.51. The lowest BCUT2D eigenvalue weighted by Crippen LogP contribution is -2.27. The number of carboxylic acids is 1. The number of carbonyl (C=O) groups is 3. The standard InChI is InChI=1S/C22H18ClF3N2O5/c1-11-14(9-19(30)27-7-6-20(31)32)15-8-18(29)16(23)10-17(15)28(11)21(33)12-2-4-13(5-3-12)22(24,25)26/h2-5,8,10,29H,6-7,9H2,1H3,(H,27,30)(H,31,32). The molecule has 0 aliphatic rings. The molecule has 1 amide bonds. The second-order valence-corrected chi connectivity index (χ2v) is 7.68. The highest BCUT2D eigenvalue weighted by Gasteiger charge is 2.30. The zero-order valence-corrected chi connectivity index (χ0v) is 17.9. The number of phenolic OH excluding ortho intramolecular Hbond substituents is 1. The van der Waals surface area contributed by atoms with Gasteiger partial charge in [-0.05, 0) is 48.9 Å². The molecule has 11 heteroatoms. The van der Waals surface area contributed by atoms with Crippen molar-refractivity contribution in [3.63, 3.8) is 0 Å². The Bertz CT molecular complexity index is 1250. The van der Waals surface area contributed by atoms with Gasteiger partial charge >= 0.3 is 12.1 Å². The van der Waals surface area contributed by atoms with Gasteiger partial charge in [-0.25, -0.2) is 0 Å². The minimum absolute atomic E-state index is 0.0235. The van der Waals surface area contributed by atoms with Crippen molar-refractivity contribution in [1.29, 1.82) is 0 Å². The number of rotatable bonds is 6. The van der Waals surface area contributed by atoms with E-state index in [9.17, 15) is 32.7 Å². The lowest BCUT2D eigenvalue weighted by atomic mass is 10.1. The van der Waals surface area contributed by atoms with Gasteiger partial charge < -0.3 is 15.5 Å². The van der Waals surface area contributed by atoms with E-state index >= 15 is 0 Å². The fourth-order valence-corrected chi connectivity index (χ4v) is 3.59. The zero-order valence-electron chi connectivity index (χ0n) is 17.2. The molecule has 3 aromatic rings. The normalized spacial score (nSPS) is 11.5. The maximum absolute atomic E-state index is 13.2. The third-order valence-electron chi connectivity index (χ3n) is 5.06. The number of fused-ring (bicyclic) bond motifs is 1. The van der Waals surface area contributed by atoms with E-state index in [0.717, 1.165) is 24.3 Å². The quantitative estimate of drug-likeness (QED) is 0.489. The van der Waals surface area contributed by atoms with Crippen LogP contribution in [0, 0.1) is 6.92 Å². The Morgan fingerprint density at radius 2 is 1.76 bits per heavy atom. The highest BCUT2D eigenvalue weighted by Crippen LogP contribution is 2.35. The van der Waals surface area contributed by atoms with Crippen LogP contribution in [0.5, 0.6) is 5.75 Å². The highest BCUT2D eigenvalue weighted by atomic mass is 35.5. The number of halogens is 4. The van der Waals surface area contributed by atoms with Crippen molar-refractivity contribution in [3.8, 4) is 5.75 Å². The van der Waals surface area contributed by atoms with Gasteiger partial charge in [-0.15, -0.1) is 0 Å². The molecule has 174 valence electrons. The first-order valence-corrected chi connectivity index (χ1v) is 10.0. The number of hydrogen-bond acceptors (Lipinski definition) is 4. The average molecular weight is 483 g/mol. The molecular weight excluding hydrogens is 465 g/mol. The molecule has 3 rings (SSSR count). The summed E-state index contributed by atoms with van der Waals surface area (Å²) in [6.07, 6.45) is -5.05. The van der Waals surface area contributed by atoms with Gasteiger partial charge in [0.1, 0.15) is 5.75 Å². The minimum atomic E-state index is -4.55. The molecule has 0 unspecified atom stereocenters. The molecule has 33 heavy (non-hydrogen) atoms. The summed E-state index contributed by atoms with van der Waals surface area (Å²) in [7, 11) is 0. The monoisotopic (exact) mass is 482 g/mol. The Balaban J connectivity index is 2.04. The number of hydrogen-bond donors (Lipinski definition) is 3. The fraction of sp³-hybridized carbons (Fsp3) is 0.227. The summed E-state index contributed by atoms with van der Waals surface area (Å²) < 4.78 is 39.8. The van der Waals surface area contributed by atoms with Crippen molar-refractivity contribution < 1.29 is 37.8 Å². The number of carbonyl (C=O) groups excluding carboxylic acids is 2. The molecular formula is C22H18ClF3N2O5. The van der Waals surface area contributed by atoms with Crippen molar-refractivity contribution in [2.45, 2.75) is 25.9 Å². The second-order valence-electron chi connectivity index (χ2n) is 7.27. The van der Waals surface area contributed by atoms with Gasteiger partial charge in [-0.2, -0.15) is 13.2 Å². The summed E-state index contributed by atoms with van der Waals surface area (Å²) >= 11 is 6.01. The molecule has 0 fully saturated rings. The first-order chi connectivity index (χ1) is 15.4. The molecule has 1 heterocycles. The van der Waals surface area contributed by atoms with Crippen LogP contribution in [0.3, 0.4) is 0 Å². The number of carboxylic acid groups (broad SMARTS) is 1. The zero-order chi connectivity index (χ0) is 24.5. The van der Waals surface area contributed by atoms with Gasteiger partial charge in [0.05, 0.1) is 28.9 Å². The van der Waals surface area contributed by atoms with E-state index in [0.29, 0.717) is 16.6 Å². The van der Waals surface area contributed by atoms with Crippen molar-refractivity contribution in [2.24, 2.45) is 0 Å². The van der Waals surface area contributed by atoms with Gasteiger partial charge in [0.15, 0.2) is 0 Å². The number of phenols is 1. The lowest BCUT2D eigenvalue weighted by Gasteiger charge is -2.10. The van der Waals surface area contributed by atoms with Crippen molar-refractivity contribution in [3.05, 3.63) is 63.8 Å². The van der Waals surface area contributed by atoms with Crippen LogP contribution in [0.2, 0.25) is 5.02 Å². The number of aliphatic carboxylic acids is 1. The van der Waals surface area contributed by atoms with Crippen LogP contribution < -0.4 is 5.32 Å². The highest BCUT2D eigenvalue weighted by molar-refractivity contribution is 6.33. The van der Waals surface area contributed by atoms with E-state index in [2.05, 4.69) is 5.32 Å². The lowest BCUT2D eigenvalue weighted by molar-refractivity contribution is -0.138. The molecule has 7 nitrogen and oxygen atoms in total. The predicted octanol–water partition coefficient (Wildman–Crippen LogP) is 4.15. The number of nitrogens with one attached hydrogen (secondary N) is 1. The Kier molecular flexibility index (Phi) is 6.68. The summed E-state index contributed by atoms with van der Waals surface area (Å²) in [5, 5.41) is 21.5. The third kappa shape index (κ3) is 5.11. The molecule has 2 aromatic carbocycles. The molecule has 0 saturated heterocycles. The fourth-order valence-electron chi connectivity index (χ4n) is 3.44.